The lowest BCUT2D eigenvalue weighted by Crippen LogP contribution is -2.55. The Bertz CT molecular complexity index is 373. The summed E-state index contributed by atoms with van der Waals surface area (Å²) in [6, 6.07) is 4.79. The summed E-state index contributed by atoms with van der Waals surface area (Å²) < 4.78 is 1.01. The first kappa shape index (κ1) is 14.3. The Hall–Kier alpha value is -0.140. The summed E-state index contributed by atoms with van der Waals surface area (Å²) in [7, 11) is 2.17. The van der Waals surface area contributed by atoms with Crippen LogP contribution in [0, 0.1) is 0 Å². The van der Waals surface area contributed by atoms with Crippen LogP contribution >= 0.6 is 27.7 Å². The minimum atomic E-state index is 0.247. The van der Waals surface area contributed by atoms with Gasteiger partial charge in [0.05, 0.1) is 0 Å². The van der Waals surface area contributed by atoms with Crippen molar-refractivity contribution in [3.63, 3.8) is 0 Å². The van der Waals surface area contributed by atoms with E-state index < -0.39 is 0 Å². The molecule has 100 valence electrons. The van der Waals surface area contributed by atoms with Crippen molar-refractivity contribution in [1.82, 2.24) is 15.3 Å². The van der Waals surface area contributed by atoms with Crippen LogP contribution in [0.5, 0.6) is 0 Å². The van der Waals surface area contributed by atoms with Gasteiger partial charge in [0.1, 0.15) is 0 Å². The predicted molar refractivity (Wildman–Crippen MR) is 80.5 cm³/mol. The Kier molecular flexibility index (Phi) is 5.44. The molecule has 1 aromatic heterocycles. The number of hydrogen-bond acceptors (Lipinski definition) is 5. The van der Waals surface area contributed by atoms with E-state index in [-0.39, 0.29) is 6.04 Å². The highest BCUT2D eigenvalue weighted by atomic mass is 79.9. The summed E-state index contributed by atoms with van der Waals surface area (Å²) in [5, 5.41) is 0. The highest BCUT2D eigenvalue weighted by Crippen LogP contribution is 2.19. The molecule has 2 heterocycles. The van der Waals surface area contributed by atoms with E-state index in [1.807, 2.05) is 30.1 Å². The molecule has 4 nitrogen and oxygen atoms in total. The maximum Gasteiger partial charge on any atom is 0.0429 e. The molecular formula is C12H19BrN4S. The first-order valence-corrected chi connectivity index (χ1v) is 8.00. The molecule has 0 spiro atoms. The first-order chi connectivity index (χ1) is 8.70. The molecule has 0 bridgehead atoms. The Morgan fingerprint density at radius 3 is 3.11 bits per heavy atom. The van der Waals surface area contributed by atoms with Gasteiger partial charge in [-0.1, -0.05) is 0 Å². The highest BCUT2D eigenvalue weighted by Gasteiger charge is 2.27. The molecule has 1 saturated heterocycles. The lowest BCUT2D eigenvalue weighted by Gasteiger charge is -2.37. The van der Waals surface area contributed by atoms with Crippen LogP contribution in [0.2, 0.25) is 0 Å². The third kappa shape index (κ3) is 3.68. The fourth-order valence-corrected chi connectivity index (χ4v) is 3.73. The van der Waals surface area contributed by atoms with Gasteiger partial charge in [0.15, 0.2) is 0 Å². The average Bonchev–Trinajstić information content (AvgIpc) is 2.39. The van der Waals surface area contributed by atoms with Crippen molar-refractivity contribution in [3.8, 4) is 0 Å². The van der Waals surface area contributed by atoms with E-state index in [0.717, 1.165) is 28.9 Å². The van der Waals surface area contributed by atoms with Gasteiger partial charge in [-0.25, -0.2) is 0 Å². The molecule has 0 aromatic carbocycles. The van der Waals surface area contributed by atoms with Crippen molar-refractivity contribution in [1.29, 1.82) is 0 Å². The van der Waals surface area contributed by atoms with Gasteiger partial charge in [0.2, 0.25) is 0 Å². The first-order valence-electron chi connectivity index (χ1n) is 6.05. The van der Waals surface area contributed by atoms with Crippen LogP contribution in [-0.4, -0.2) is 47.1 Å². The second-order valence-corrected chi connectivity index (χ2v) is 6.63. The number of pyridine rings is 1. The Labute approximate surface area is 121 Å². The average molecular weight is 331 g/mol. The molecule has 6 heteroatoms. The number of thioether (sulfide) groups is 1. The van der Waals surface area contributed by atoms with Gasteiger partial charge in [0.25, 0.3) is 0 Å². The Morgan fingerprint density at radius 1 is 1.67 bits per heavy atom. The SMILES string of the molecule is CN1CCSCC1C(Cc1ccc(Br)cn1)NN. The molecule has 3 N–H and O–H groups in total. The molecule has 1 aliphatic heterocycles. The second kappa shape index (κ2) is 6.86. The standard InChI is InChI=1S/C12H19BrN4S/c1-17-4-5-18-8-12(17)11(16-14)6-10-3-2-9(13)7-15-10/h2-3,7,11-12,16H,4-6,8,14H2,1H3. The zero-order valence-electron chi connectivity index (χ0n) is 10.5. The molecule has 1 fully saturated rings. The summed E-state index contributed by atoms with van der Waals surface area (Å²) in [5.41, 5.74) is 4.03. The van der Waals surface area contributed by atoms with Crippen molar-refractivity contribution in [2.45, 2.75) is 18.5 Å². The summed E-state index contributed by atoms with van der Waals surface area (Å²) in [4.78, 5) is 6.81. The van der Waals surface area contributed by atoms with E-state index in [1.54, 1.807) is 0 Å². The molecule has 0 radical (unpaired) electrons. The molecule has 0 saturated carbocycles. The highest BCUT2D eigenvalue weighted by molar-refractivity contribution is 9.10. The minimum Gasteiger partial charge on any atom is -0.300 e. The third-order valence-corrected chi connectivity index (χ3v) is 4.86. The Balaban J connectivity index is 2.02. The van der Waals surface area contributed by atoms with Gasteiger partial charge in [0, 0.05) is 52.9 Å². The molecule has 2 unspecified atom stereocenters. The van der Waals surface area contributed by atoms with Gasteiger partial charge in [-0.3, -0.25) is 16.3 Å². The predicted octanol–water partition coefficient (Wildman–Crippen LogP) is 1.27. The number of hydrazine groups is 1. The molecule has 2 rings (SSSR count). The topological polar surface area (TPSA) is 54.2 Å². The quantitative estimate of drug-likeness (QED) is 0.643. The van der Waals surface area contributed by atoms with Gasteiger partial charge < -0.3 is 4.90 Å². The molecule has 1 aliphatic rings. The van der Waals surface area contributed by atoms with Gasteiger partial charge in [-0.2, -0.15) is 11.8 Å². The van der Waals surface area contributed by atoms with Gasteiger partial charge in [-0.05, 0) is 35.1 Å². The van der Waals surface area contributed by atoms with E-state index in [9.17, 15) is 0 Å². The van der Waals surface area contributed by atoms with Crippen molar-refractivity contribution in [3.05, 3.63) is 28.5 Å². The smallest absolute Gasteiger partial charge is 0.0429 e. The van der Waals surface area contributed by atoms with Crippen LogP contribution in [0.1, 0.15) is 5.69 Å². The van der Waals surface area contributed by atoms with E-state index in [2.05, 4.69) is 38.3 Å². The van der Waals surface area contributed by atoms with Crippen LogP contribution in [0.25, 0.3) is 0 Å². The molecule has 0 amide bonds. The molecule has 1 aromatic rings. The van der Waals surface area contributed by atoms with Crippen LogP contribution < -0.4 is 11.3 Å². The normalized spacial score (nSPS) is 22.9. The molecule has 2 atom stereocenters. The van der Waals surface area contributed by atoms with Crippen LogP contribution in [0.15, 0.2) is 22.8 Å². The fourth-order valence-electron chi connectivity index (χ4n) is 2.19. The number of likely N-dealkylation sites (N-methyl/N-ethyl adjacent to an activating group) is 1. The third-order valence-electron chi connectivity index (χ3n) is 3.34. The monoisotopic (exact) mass is 330 g/mol. The maximum atomic E-state index is 5.72. The van der Waals surface area contributed by atoms with E-state index in [1.165, 1.54) is 5.75 Å². The van der Waals surface area contributed by atoms with Gasteiger partial charge >= 0.3 is 0 Å². The summed E-state index contributed by atoms with van der Waals surface area (Å²) in [5.74, 6) is 8.06. The van der Waals surface area contributed by atoms with Crippen molar-refractivity contribution in [2.24, 2.45) is 5.84 Å². The lowest BCUT2D eigenvalue weighted by atomic mass is 10.0. The van der Waals surface area contributed by atoms with Crippen molar-refractivity contribution >= 4 is 27.7 Å². The zero-order valence-corrected chi connectivity index (χ0v) is 12.9. The van der Waals surface area contributed by atoms with Gasteiger partial charge in [-0.15, -0.1) is 0 Å². The summed E-state index contributed by atoms with van der Waals surface area (Å²) in [6.07, 6.45) is 2.70. The van der Waals surface area contributed by atoms with Crippen molar-refractivity contribution < 1.29 is 0 Å². The van der Waals surface area contributed by atoms with E-state index >= 15 is 0 Å². The van der Waals surface area contributed by atoms with Crippen LogP contribution in [-0.2, 0) is 6.42 Å². The Morgan fingerprint density at radius 2 is 2.50 bits per heavy atom. The zero-order chi connectivity index (χ0) is 13.0. The number of nitrogens with zero attached hydrogens (tertiary/aromatic N) is 2. The van der Waals surface area contributed by atoms with E-state index in [0.29, 0.717) is 6.04 Å². The van der Waals surface area contributed by atoms with Crippen LogP contribution in [0.3, 0.4) is 0 Å². The number of aromatic nitrogens is 1. The number of rotatable bonds is 4. The molecule has 0 aliphatic carbocycles. The summed E-state index contributed by atoms with van der Waals surface area (Å²) >= 11 is 5.40. The fraction of sp³-hybridized carbons (Fsp3) is 0.583. The molecular weight excluding hydrogens is 312 g/mol. The largest absolute Gasteiger partial charge is 0.300 e. The lowest BCUT2D eigenvalue weighted by molar-refractivity contribution is 0.213. The molecule has 18 heavy (non-hydrogen) atoms. The van der Waals surface area contributed by atoms with Crippen LogP contribution in [0.4, 0.5) is 0 Å². The number of nitrogens with two attached hydrogens (primary N) is 1. The maximum absolute atomic E-state index is 5.72. The number of nitrogens with one attached hydrogen (secondary N) is 1. The van der Waals surface area contributed by atoms with E-state index in [4.69, 9.17) is 5.84 Å². The number of hydrogen-bond donors (Lipinski definition) is 2. The minimum absolute atomic E-state index is 0.247. The van der Waals surface area contributed by atoms with Crippen molar-refractivity contribution in [2.75, 3.05) is 25.1 Å². The number of halogens is 1. The second-order valence-electron chi connectivity index (χ2n) is 4.57. The summed E-state index contributed by atoms with van der Waals surface area (Å²) in [6.45, 7) is 1.13.